The summed E-state index contributed by atoms with van der Waals surface area (Å²) in [6.45, 7) is 6.72. The van der Waals surface area contributed by atoms with E-state index in [9.17, 15) is 18.0 Å². The van der Waals surface area contributed by atoms with Gasteiger partial charge in [0.1, 0.15) is 23.1 Å². The highest BCUT2D eigenvalue weighted by Crippen LogP contribution is 2.29. The fourth-order valence-electron chi connectivity index (χ4n) is 4.38. The molecule has 0 spiro atoms. The van der Waals surface area contributed by atoms with Gasteiger partial charge in [-0.3, -0.25) is 9.59 Å². The summed E-state index contributed by atoms with van der Waals surface area (Å²) in [4.78, 5) is 29.1. The molecular formula is C34H37ClN2O7S2. The summed E-state index contributed by atoms with van der Waals surface area (Å²) in [5.74, 6) is -0.488. The Bertz CT molecular complexity index is 1760. The van der Waals surface area contributed by atoms with Crippen LogP contribution >= 0.6 is 22.9 Å². The van der Waals surface area contributed by atoms with E-state index in [4.69, 9.17) is 26.2 Å². The van der Waals surface area contributed by atoms with Crippen LogP contribution in [0.2, 0.25) is 5.02 Å². The molecule has 0 aliphatic rings. The number of sulfone groups is 1. The van der Waals surface area contributed by atoms with Crippen molar-refractivity contribution < 1.29 is 32.6 Å². The van der Waals surface area contributed by atoms with Gasteiger partial charge in [-0.1, -0.05) is 44.5 Å². The van der Waals surface area contributed by atoms with Gasteiger partial charge in [-0.2, -0.15) is 0 Å². The first-order valence-electron chi connectivity index (χ1n) is 14.7. The van der Waals surface area contributed by atoms with Crippen molar-refractivity contribution in [2.75, 3.05) is 17.7 Å². The number of aryl methyl sites for hydroxylation is 1. The van der Waals surface area contributed by atoms with E-state index in [1.54, 1.807) is 54.6 Å². The van der Waals surface area contributed by atoms with Crippen LogP contribution in [0.4, 0.5) is 5.69 Å². The third-order valence-corrected chi connectivity index (χ3v) is 9.81. The van der Waals surface area contributed by atoms with E-state index in [1.165, 1.54) is 23.5 Å². The van der Waals surface area contributed by atoms with Crippen LogP contribution in [-0.2, 0) is 33.1 Å². The third-order valence-electron chi connectivity index (χ3n) is 6.91. The Morgan fingerprint density at radius 3 is 2.46 bits per heavy atom. The molecule has 1 heterocycles. The molecule has 0 saturated carbocycles. The van der Waals surface area contributed by atoms with Crippen molar-refractivity contribution in [3.8, 4) is 11.5 Å². The van der Waals surface area contributed by atoms with Crippen LogP contribution in [0, 0.1) is 0 Å². The highest BCUT2D eigenvalue weighted by atomic mass is 35.5. The number of carbonyl (C=O) groups is 2. The number of carboxylic acids is 1. The Labute approximate surface area is 278 Å². The van der Waals surface area contributed by atoms with Crippen LogP contribution in [0.1, 0.15) is 66.7 Å². The summed E-state index contributed by atoms with van der Waals surface area (Å²) in [6, 6.07) is 18.1. The fourth-order valence-corrected chi connectivity index (χ4v) is 6.74. The van der Waals surface area contributed by atoms with E-state index < -0.39 is 21.7 Å². The van der Waals surface area contributed by atoms with E-state index in [0.29, 0.717) is 47.0 Å². The number of halogens is 1. The number of carboxylic acid groups (broad SMARTS) is 1. The lowest BCUT2D eigenvalue weighted by atomic mass is 9.93. The van der Waals surface area contributed by atoms with Crippen molar-refractivity contribution in [2.24, 2.45) is 0 Å². The Morgan fingerprint density at radius 2 is 1.76 bits per heavy atom. The predicted octanol–water partition coefficient (Wildman–Crippen LogP) is 7.58. The molecule has 9 nitrogen and oxygen atoms in total. The quantitative estimate of drug-likeness (QED) is 0.123. The largest absolute Gasteiger partial charge is 0.491 e. The summed E-state index contributed by atoms with van der Waals surface area (Å²) in [7, 11) is -3.49. The molecule has 1 amide bonds. The van der Waals surface area contributed by atoms with Crippen molar-refractivity contribution in [1.82, 2.24) is 4.98 Å². The summed E-state index contributed by atoms with van der Waals surface area (Å²) in [6.07, 6.45) is 1.04. The maximum Gasteiger partial charge on any atom is 0.303 e. The van der Waals surface area contributed by atoms with Crippen molar-refractivity contribution in [1.29, 1.82) is 0 Å². The van der Waals surface area contributed by atoms with Gasteiger partial charge in [0.05, 0.1) is 28.6 Å². The number of nitrogens with zero attached hydrogens (tertiary/aromatic N) is 1. The van der Waals surface area contributed by atoms with E-state index in [0.717, 1.165) is 16.3 Å². The number of carbonyl (C=O) groups excluding carboxylic acids is 1. The molecule has 0 fully saturated rings. The van der Waals surface area contributed by atoms with Gasteiger partial charge in [-0.15, -0.1) is 11.3 Å². The number of rotatable bonds is 15. The molecule has 3 aromatic carbocycles. The molecule has 4 aromatic rings. The number of aliphatic carboxylic acids is 1. The van der Waals surface area contributed by atoms with Crippen molar-refractivity contribution in [3.63, 3.8) is 0 Å². The predicted molar refractivity (Wildman–Crippen MR) is 180 cm³/mol. The molecule has 0 bridgehead atoms. The fraction of sp³-hybridized carbons (Fsp3) is 0.324. The normalized spacial score (nSPS) is 11.7. The maximum atomic E-state index is 13.4. The summed E-state index contributed by atoms with van der Waals surface area (Å²) in [5.41, 5.74) is 2.49. The first kappa shape index (κ1) is 34.9. The van der Waals surface area contributed by atoms with Crippen LogP contribution in [0.25, 0.3) is 0 Å². The van der Waals surface area contributed by atoms with Crippen LogP contribution in [-0.4, -0.2) is 42.7 Å². The van der Waals surface area contributed by atoms with E-state index >= 15 is 0 Å². The van der Waals surface area contributed by atoms with Crippen molar-refractivity contribution in [3.05, 3.63) is 99.0 Å². The first-order valence-corrected chi connectivity index (χ1v) is 17.7. The number of aromatic nitrogens is 1. The van der Waals surface area contributed by atoms with Crippen LogP contribution in [0.15, 0.2) is 77.0 Å². The number of amides is 1. The smallest absolute Gasteiger partial charge is 0.303 e. The van der Waals surface area contributed by atoms with Gasteiger partial charge >= 0.3 is 5.97 Å². The zero-order chi connectivity index (χ0) is 33.3. The zero-order valence-corrected chi connectivity index (χ0v) is 28.3. The van der Waals surface area contributed by atoms with Gasteiger partial charge in [0.15, 0.2) is 9.84 Å². The standard InChI is InChI=1S/C34H37ClN2O7S2/c1-34(2,3)30-22-45-31(37-30)21-44-26-9-4-8-24(20-26)33(40)36-28-19-23(11-16-29(28)43-17-5-10-32(38)39)7-6-18-46(41,42)27-14-12-25(35)13-15-27/h4,8-9,11-16,19-20,22H,5-7,10,17-18,21H2,1-3H3,(H,36,40)(H,38,39). The number of ether oxygens (including phenoxy) is 2. The van der Waals surface area contributed by atoms with E-state index in [-0.39, 0.29) is 35.7 Å². The van der Waals surface area contributed by atoms with Gasteiger partial charge in [-0.05, 0) is 79.4 Å². The Balaban J connectivity index is 1.44. The molecule has 0 saturated heterocycles. The molecule has 1 aromatic heterocycles. The third kappa shape index (κ3) is 10.3. The first-order chi connectivity index (χ1) is 21.8. The molecule has 2 N–H and O–H groups in total. The SMILES string of the molecule is CC(C)(C)c1csc(COc2cccc(C(=O)Nc3cc(CCCS(=O)(=O)c4ccc(Cl)cc4)ccc3OCCCC(=O)O)c2)n1. The lowest BCUT2D eigenvalue weighted by Crippen LogP contribution is -2.14. The number of hydrogen-bond donors (Lipinski definition) is 2. The molecule has 46 heavy (non-hydrogen) atoms. The second-order valence-corrected chi connectivity index (χ2v) is 15.2. The Morgan fingerprint density at radius 1 is 1.00 bits per heavy atom. The molecule has 4 rings (SSSR count). The molecule has 244 valence electrons. The number of anilines is 1. The lowest BCUT2D eigenvalue weighted by molar-refractivity contribution is -0.137. The minimum atomic E-state index is -3.49. The number of benzene rings is 3. The Kier molecular flexibility index (Phi) is 11.8. The molecule has 0 radical (unpaired) electrons. The van der Waals surface area contributed by atoms with Gasteiger partial charge in [-0.25, -0.2) is 13.4 Å². The average molecular weight is 685 g/mol. The highest BCUT2D eigenvalue weighted by Gasteiger charge is 2.18. The minimum Gasteiger partial charge on any atom is -0.491 e. The topological polar surface area (TPSA) is 132 Å². The molecule has 0 aliphatic carbocycles. The van der Waals surface area contributed by atoms with E-state index in [1.807, 2.05) is 5.38 Å². The summed E-state index contributed by atoms with van der Waals surface area (Å²) < 4.78 is 37.3. The second kappa shape index (κ2) is 15.6. The minimum absolute atomic E-state index is 0.0484. The molecule has 0 unspecified atom stereocenters. The van der Waals surface area contributed by atoms with Crippen LogP contribution in [0.5, 0.6) is 11.5 Å². The van der Waals surface area contributed by atoms with Gasteiger partial charge in [0, 0.05) is 27.8 Å². The zero-order valence-electron chi connectivity index (χ0n) is 25.9. The summed E-state index contributed by atoms with van der Waals surface area (Å²) in [5, 5.41) is 15.2. The molecule has 12 heteroatoms. The van der Waals surface area contributed by atoms with E-state index in [2.05, 4.69) is 31.1 Å². The Hall–Kier alpha value is -3.93. The van der Waals surface area contributed by atoms with Gasteiger partial charge in [0.25, 0.3) is 5.91 Å². The average Bonchev–Trinajstić information content (AvgIpc) is 3.49. The lowest BCUT2D eigenvalue weighted by Gasteiger charge is -2.15. The monoisotopic (exact) mass is 684 g/mol. The number of thiazole rings is 1. The van der Waals surface area contributed by atoms with Crippen LogP contribution in [0.3, 0.4) is 0 Å². The van der Waals surface area contributed by atoms with Crippen molar-refractivity contribution >= 4 is 50.3 Å². The number of hydrogen-bond acceptors (Lipinski definition) is 8. The second-order valence-electron chi connectivity index (χ2n) is 11.7. The van der Waals surface area contributed by atoms with Gasteiger partial charge < -0.3 is 19.9 Å². The summed E-state index contributed by atoms with van der Waals surface area (Å²) >= 11 is 7.42. The molecule has 0 aliphatic heterocycles. The maximum absolute atomic E-state index is 13.4. The van der Waals surface area contributed by atoms with Crippen LogP contribution < -0.4 is 14.8 Å². The highest BCUT2D eigenvalue weighted by molar-refractivity contribution is 7.91. The molecular weight excluding hydrogens is 648 g/mol. The van der Waals surface area contributed by atoms with Gasteiger partial charge in [0.2, 0.25) is 0 Å². The van der Waals surface area contributed by atoms with Crippen molar-refractivity contribution in [2.45, 2.75) is 63.4 Å². The molecule has 0 atom stereocenters. The number of nitrogens with one attached hydrogen (secondary N) is 1.